The van der Waals surface area contributed by atoms with Crippen LogP contribution < -0.4 is 15.0 Å². The van der Waals surface area contributed by atoms with Crippen LogP contribution in [0.5, 0.6) is 5.88 Å². The van der Waals surface area contributed by atoms with Crippen molar-refractivity contribution in [2.24, 2.45) is 0 Å². The van der Waals surface area contributed by atoms with Crippen molar-refractivity contribution in [2.45, 2.75) is 38.8 Å². The molecular weight excluding hydrogens is 432 g/mol. The molecule has 0 radical (unpaired) electrons. The van der Waals surface area contributed by atoms with E-state index in [1.165, 1.54) is 0 Å². The molecular formula is C24H30N8O2. The molecule has 1 amide bonds. The molecule has 0 aromatic carbocycles. The summed E-state index contributed by atoms with van der Waals surface area (Å²) in [7, 11) is 2.13. The van der Waals surface area contributed by atoms with Gasteiger partial charge in [0.05, 0.1) is 18.5 Å². The lowest BCUT2D eigenvalue weighted by Crippen LogP contribution is -2.50. The Kier molecular flexibility index (Phi) is 6.14. The van der Waals surface area contributed by atoms with Crippen molar-refractivity contribution in [1.82, 2.24) is 29.6 Å². The maximum atomic E-state index is 13.3. The van der Waals surface area contributed by atoms with Gasteiger partial charge in [-0.25, -0.2) is 9.97 Å². The zero-order chi connectivity index (χ0) is 23.7. The molecule has 5 heterocycles. The van der Waals surface area contributed by atoms with Gasteiger partial charge < -0.3 is 24.4 Å². The average Bonchev–Trinajstić information content (AvgIpc) is 3.33. The topological polar surface area (TPSA) is 101 Å². The summed E-state index contributed by atoms with van der Waals surface area (Å²) in [4.78, 5) is 27.1. The number of amides is 1. The number of piperazine rings is 1. The number of likely N-dealkylation sites (N-methyl/N-ethyl adjacent to an activating group) is 1. The van der Waals surface area contributed by atoms with E-state index in [0.29, 0.717) is 41.4 Å². The first-order valence-corrected chi connectivity index (χ1v) is 11.8. The number of rotatable bonds is 1. The molecule has 2 atom stereocenters. The maximum absolute atomic E-state index is 13.3. The smallest absolute Gasteiger partial charge is 0.262 e. The van der Waals surface area contributed by atoms with Crippen LogP contribution in [0.3, 0.4) is 0 Å². The molecule has 10 nitrogen and oxygen atoms in total. The van der Waals surface area contributed by atoms with Crippen molar-refractivity contribution in [3.63, 3.8) is 0 Å². The number of carbonyl (C=O) groups is 1. The molecule has 0 unspecified atom stereocenters. The van der Waals surface area contributed by atoms with Crippen LogP contribution in [0.4, 0.5) is 11.5 Å². The Morgan fingerprint density at radius 1 is 1.18 bits per heavy atom. The average molecular weight is 463 g/mol. The summed E-state index contributed by atoms with van der Waals surface area (Å²) in [6, 6.07) is 7.96. The predicted octanol–water partition coefficient (Wildman–Crippen LogP) is 2.86. The Hall–Kier alpha value is -3.53. The predicted molar refractivity (Wildman–Crippen MR) is 129 cm³/mol. The number of pyridine rings is 2. The van der Waals surface area contributed by atoms with Gasteiger partial charge in [-0.2, -0.15) is 0 Å². The SMILES string of the molecule is C[C@H]1CN(c2cnc3c(c2)C(=O)Nc2cccc(n2)-c2nncn2[C@@H](C)CCCO3)CCN1C. The molecule has 3 aromatic heterocycles. The molecule has 1 saturated heterocycles. The molecule has 5 rings (SSSR count). The van der Waals surface area contributed by atoms with Crippen molar-refractivity contribution < 1.29 is 9.53 Å². The summed E-state index contributed by atoms with van der Waals surface area (Å²) in [5.41, 5.74) is 1.99. The summed E-state index contributed by atoms with van der Waals surface area (Å²) in [6.07, 6.45) is 5.19. The monoisotopic (exact) mass is 462 g/mol. The number of nitrogens with zero attached hydrogens (tertiary/aromatic N) is 7. The van der Waals surface area contributed by atoms with E-state index in [0.717, 1.165) is 38.2 Å². The molecule has 2 aliphatic rings. The molecule has 0 saturated carbocycles. The lowest BCUT2D eigenvalue weighted by atomic mass is 10.1. The van der Waals surface area contributed by atoms with Crippen LogP contribution in [0.15, 0.2) is 36.8 Å². The van der Waals surface area contributed by atoms with Crippen molar-refractivity contribution >= 4 is 17.4 Å². The molecule has 0 spiro atoms. The molecule has 34 heavy (non-hydrogen) atoms. The zero-order valence-electron chi connectivity index (χ0n) is 19.8. The normalized spacial score (nSPS) is 21.6. The fraction of sp³-hybridized carbons (Fsp3) is 0.458. The lowest BCUT2D eigenvalue weighted by molar-refractivity contribution is 0.102. The summed E-state index contributed by atoms with van der Waals surface area (Å²) in [5, 5.41) is 11.3. The molecule has 2 aliphatic heterocycles. The standard InChI is InChI=1S/C24H30N8O2/c1-16-6-5-11-34-24-19(12-18(13-25-24)31-10-9-30(3)17(2)14-31)23(33)28-21-8-4-7-20(27-21)22-29-26-15-32(16)22/h4,7-8,12-13,15-17H,5-6,9-11,14H2,1-3H3,(H,27,28,33)/t16-,17-/m0/s1. The summed E-state index contributed by atoms with van der Waals surface area (Å²) >= 11 is 0. The minimum atomic E-state index is -0.303. The van der Waals surface area contributed by atoms with Gasteiger partial charge in [0.2, 0.25) is 5.88 Å². The highest BCUT2D eigenvalue weighted by Crippen LogP contribution is 2.27. The second-order valence-corrected chi connectivity index (χ2v) is 9.09. The largest absolute Gasteiger partial charge is 0.477 e. The summed E-state index contributed by atoms with van der Waals surface area (Å²) < 4.78 is 8.01. The zero-order valence-corrected chi connectivity index (χ0v) is 19.8. The van der Waals surface area contributed by atoms with E-state index in [1.54, 1.807) is 18.6 Å². The quantitative estimate of drug-likeness (QED) is 0.589. The van der Waals surface area contributed by atoms with E-state index < -0.39 is 0 Å². The highest BCUT2D eigenvalue weighted by molar-refractivity contribution is 6.06. The Bertz CT molecular complexity index is 1180. The van der Waals surface area contributed by atoms with Crippen LogP contribution in [-0.2, 0) is 0 Å². The minimum Gasteiger partial charge on any atom is -0.477 e. The van der Waals surface area contributed by atoms with E-state index in [2.05, 4.69) is 56.2 Å². The molecule has 3 aromatic rings. The Labute approximate surface area is 199 Å². The molecule has 0 aliphatic carbocycles. The number of carbonyl (C=O) groups excluding carboxylic acids is 1. The van der Waals surface area contributed by atoms with Crippen molar-refractivity contribution in [1.29, 1.82) is 0 Å². The number of fused-ring (bicyclic) bond motifs is 5. The van der Waals surface area contributed by atoms with Gasteiger partial charge in [-0.1, -0.05) is 6.07 Å². The van der Waals surface area contributed by atoms with E-state index in [4.69, 9.17) is 4.74 Å². The van der Waals surface area contributed by atoms with Gasteiger partial charge in [-0.05, 0) is 51.9 Å². The van der Waals surface area contributed by atoms with Crippen molar-refractivity contribution in [3.05, 3.63) is 42.4 Å². The molecule has 178 valence electrons. The second-order valence-electron chi connectivity index (χ2n) is 9.09. The fourth-order valence-corrected chi connectivity index (χ4v) is 4.42. The van der Waals surface area contributed by atoms with Crippen LogP contribution >= 0.6 is 0 Å². The van der Waals surface area contributed by atoms with Crippen molar-refractivity contribution in [2.75, 3.05) is 43.5 Å². The molecule has 1 fully saturated rings. The number of nitrogens with one attached hydrogen (secondary N) is 1. The Morgan fingerprint density at radius 3 is 2.91 bits per heavy atom. The van der Waals surface area contributed by atoms with Crippen LogP contribution in [-0.4, -0.2) is 74.9 Å². The van der Waals surface area contributed by atoms with Gasteiger partial charge in [0.15, 0.2) is 5.82 Å². The van der Waals surface area contributed by atoms with E-state index in [9.17, 15) is 4.79 Å². The number of hydrogen-bond donors (Lipinski definition) is 1. The number of hydrogen-bond acceptors (Lipinski definition) is 8. The van der Waals surface area contributed by atoms with Gasteiger partial charge in [0, 0.05) is 31.7 Å². The minimum absolute atomic E-state index is 0.172. The maximum Gasteiger partial charge on any atom is 0.262 e. The van der Waals surface area contributed by atoms with Gasteiger partial charge in [0.25, 0.3) is 5.91 Å². The van der Waals surface area contributed by atoms with E-state index in [-0.39, 0.29) is 11.9 Å². The summed E-state index contributed by atoms with van der Waals surface area (Å²) in [6.45, 7) is 7.51. The van der Waals surface area contributed by atoms with Crippen LogP contribution in [0.1, 0.15) is 43.1 Å². The van der Waals surface area contributed by atoms with Gasteiger partial charge in [-0.15, -0.1) is 10.2 Å². The first-order chi connectivity index (χ1) is 16.5. The number of ether oxygens (including phenoxy) is 1. The van der Waals surface area contributed by atoms with Gasteiger partial charge >= 0.3 is 0 Å². The Morgan fingerprint density at radius 2 is 2.06 bits per heavy atom. The highest BCUT2D eigenvalue weighted by atomic mass is 16.5. The first kappa shape index (κ1) is 22.3. The van der Waals surface area contributed by atoms with Crippen LogP contribution in [0.2, 0.25) is 0 Å². The third kappa shape index (κ3) is 4.45. The third-order valence-electron chi connectivity index (χ3n) is 6.68. The highest BCUT2D eigenvalue weighted by Gasteiger charge is 2.24. The lowest BCUT2D eigenvalue weighted by Gasteiger charge is -2.39. The number of anilines is 2. The molecule has 10 heteroatoms. The fourth-order valence-electron chi connectivity index (χ4n) is 4.42. The molecule has 2 bridgehead atoms. The summed E-state index contributed by atoms with van der Waals surface area (Å²) in [5.74, 6) is 1.15. The first-order valence-electron chi connectivity index (χ1n) is 11.8. The van der Waals surface area contributed by atoms with Crippen molar-refractivity contribution in [3.8, 4) is 17.4 Å². The van der Waals surface area contributed by atoms with E-state index in [1.807, 2.05) is 22.8 Å². The molecule has 1 N–H and O–H groups in total. The number of aromatic nitrogens is 5. The van der Waals surface area contributed by atoms with Gasteiger partial charge in [-0.3, -0.25) is 4.79 Å². The van der Waals surface area contributed by atoms with Crippen LogP contribution in [0, 0.1) is 0 Å². The Balaban J connectivity index is 1.49. The second kappa shape index (κ2) is 9.38. The van der Waals surface area contributed by atoms with Gasteiger partial charge in [0.1, 0.15) is 23.4 Å². The van der Waals surface area contributed by atoms with Crippen LogP contribution in [0.25, 0.3) is 11.5 Å². The van der Waals surface area contributed by atoms with E-state index >= 15 is 0 Å². The third-order valence-corrected chi connectivity index (χ3v) is 6.68.